The highest BCUT2D eigenvalue weighted by Crippen LogP contribution is 2.27. The molecule has 0 amide bonds. The van der Waals surface area contributed by atoms with Crippen LogP contribution in [0.4, 0.5) is 0 Å². The lowest BCUT2D eigenvalue weighted by atomic mass is 10.0. The molecule has 0 radical (unpaired) electrons. The molecular weight excluding hydrogens is 276 g/mol. The third-order valence-corrected chi connectivity index (χ3v) is 3.51. The Kier molecular flexibility index (Phi) is 3.85. The fourth-order valence-corrected chi connectivity index (χ4v) is 2.43. The molecule has 0 aliphatic carbocycles. The van der Waals surface area contributed by atoms with Gasteiger partial charge in [-0.15, -0.1) is 0 Å². The second-order valence-electron chi connectivity index (χ2n) is 4.10. The van der Waals surface area contributed by atoms with Crippen molar-refractivity contribution in [2.24, 2.45) is 0 Å². The summed E-state index contributed by atoms with van der Waals surface area (Å²) < 4.78 is 1.16. The highest BCUT2D eigenvalue weighted by atomic mass is 79.9. The fourth-order valence-electron chi connectivity index (χ4n) is 1.85. The Morgan fingerprint density at radius 1 is 1.00 bits per heavy atom. The maximum Gasteiger partial charge on any atom is 0.115 e. The fraction of sp³-hybridized carbons (Fsp3) is 0.200. The van der Waals surface area contributed by atoms with Crippen molar-refractivity contribution in [3.8, 4) is 16.9 Å². The van der Waals surface area contributed by atoms with Crippen molar-refractivity contribution in [3.63, 3.8) is 0 Å². The quantitative estimate of drug-likeness (QED) is 0.863. The first-order valence-corrected chi connectivity index (χ1v) is 6.58. The van der Waals surface area contributed by atoms with Gasteiger partial charge in [-0.25, -0.2) is 0 Å². The summed E-state index contributed by atoms with van der Waals surface area (Å²) in [5, 5.41) is 9.26. The molecule has 0 fully saturated rings. The van der Waals surface area contributed by atoms with Gasteiger partial charge >= 0.3 is 0 Å². The van der Waals surface area contributed by atoms with Crippen molar-refractivity contribution in [3.05, 3.63) is 52.5 Å². The van der Waals surface area contributed by atoms with Crippen LogP contribution in [0, 0.1) is 0 Å². The van der Waals surface area contributed by atoms with Crippen LogP contribution < -0.4 is 0 Å². The summed E-state index contributed by atoms with van der Waals surface area (Å²) in [7, 11) is 0. The van der Waals surface area contributed by atoms with Gasteiger partial charge in [0.1, 0.15) is 5.75 Å². The summed E-state index contributed by atoms with van der Waals surface area (Å²) in [6.45, 7) is 2.18. The first-order valence-electron chi connectivity index (χ1n) is 5.78. The van der Waals surface area contributed by atoms with Crippen LogP contribution in [-0.4, -0.2) is 5.11 Å². The lowest BCUT2D eigenvalue weighted by Gasteiger charge is -2.07. The summed E-state index contributed by atoms with van der Waals surface area (Å²) in [6.07, 6.45) is 2.24. The third-order valence-electron chi connectivity index (χ3n) is 2.77. The maximum atomic E-state index is 9.26. The van der Waals surface area contributed by atoms with Crippen molar-refractivity contribution in [2.75, 3.05) is 0 Å². The van der Waals surface area contributed by atoms with Gasteiger partial charge in [0, 0.05) is 4.47 Å². The topological polar surface area (TPSA) is 20.2 Å². The Balaban J connectivity index is 2.34. The molecule has 0 aromatic heterocycles. The standard InChI is InChI=1S/C15H15BrO/c1-2-3-12-4-5-13(10-15(12)16)11-6-8-14(17)9-7-11/h4-10,17H,2-3H2,1H3. The van der Waals surface area contributed by atoms with Gasteiger partial charge in [-0.3, -0.25) is 0 Å². The molecule has 0 saturated carbocycles. The molecule has 0 aliphatic rings. The molecule has 2 aromatic carbocycles. The number of aryl methyl sites for hydroxylation is 1. The minimum atomic E-state index is 0.301. The van der Waals surface area contributed by atoms with Gasteiger partial charge in [-0.1, -0.05) is 53.5 Å². The van der Waals surface area contributed by atoms with Crippen LogP contribution in [0.3, 0.4) is 0 Å². The molecule has 0 atom stereocenters. The van der Waals surface area contributed by atoms with E-state index >= 15 is 0 Å². The highest BCUT2D eigenvalue weighted by Gasteiger charge is 2.03. The van der Waals surface area contributed by atoms with Crippen LogP contribution in [0.1, 0.15) is 18.9 Å². The zero-order valence-corrected chi connectivity index (χ0v) is 11.4. The number of aromatic hydroxyl groups is 1. The highest BCUT2D eigenvalue weighted by molar-refractivity contribution is 9.10. The van der Waals surface area contributed by atoms with Gasteiger partial charge in [0.2, 0.25) is 0 Å². The normalized spacial score (nSPS) is 10.5. The monoisotopic (exact) mass is 290 g/mol. The van der Waals surface area contributed by atoms with Crippen LogP contribution in [0.2, 0.25) is 0 Å². The molecule has 1 N–H and O–H groups in total. The van der Waals surface area contributed by atoms with Crippen molar-refractivity contribution < 1.29 is 5.11 Å². The van der Waals surface area contributed by atoms with Crippen LogP contribution in [0.5, 0.6) is 5.75 Å². The van der Waals surface area contributed by atoms with E-state index < -0.39 is 0 Å². The molecule has 2 heteroatoms. The Morgan fingerprint density at radius 2 is 1.65 bits per heavy atom. The SMILES string of the molecule is CCCc1ccc(-c2ccc(O)cc2)cc1Br. The number of hydrogen-bond donors (Lipinski definition) is 1. The van der Waals surface area contributed by atoms with E-state index in [9.17, 15) is 5.11 Å². The largest absolute Gasteiger partial charge is 0.508 e. The third kappa shape index (κ3) is 2.89. The van der Waals surface area contributed by atoms with Gasteiger partial charge in [0.05, 0.1) is 0 Å². The Morgan fingerprint density at radius 3 is 2.24 bits per heavy atom. The Labute approximate surface area is 110 Å². The average molecular weight is 291 g/mol. The molecule has 0 unspecified atom stereocenters. The van der Waals surface area contributed by atoms with Crippen LogP contribution in [0.15, 0.2) is 46.9 Å². The van der Waals surface area contributed by atoms with Crippen molar-refractivity contribution in [2.45, 2.75) is 19.8 Å². The Hall–Kier alpha value is -1.28. The minimum Gasteiger partial charge on any atom is -0.508 e. The van der Waals surface area contributed by atoms with Gasteiger partial charge < -0.3 is 5.11 Å². The van der Waals surface area contributed by atoms with E-state index in [0.717, 1.165) is 28.4 Å². The zero-order chi connectivity index (χ0) is 12.3. The number of rotatable bonds is 3. The summed E-state index contributed by atoms with van der Waals surface area (Å²) >= 11 is 3.61. The van der Waals surface area contributed by atoms with E-state index in [4.69, 9.17) is 0 Å². The molecule has 2 aromatic rings. The van der Waals surface area contributed by atoms with Crippen LogP contribution in [0.25, 0.3) is 11.1 Å². The van der Waals surface area contributed by atoms with Gasteiger partial charge in [-0.2, -0.15) is 0 Å². The molecule has 0 saturated heterocycles. The van der Waals surface area contributed by atoms with E-state index in [-0.39, 0.29) is 0 Å². The minimum absolute atomic E-state index is 0.301. The van der Waals surface area contributed by atoms with E-state index in [2.05, 4.69) is 41.1 Å². The molecule has 0 aliphatic heterocycles. The van der Waals surface area contributed by atoms with Crippen LogP contribution >= 0.6 is 15.9 Å². The zero-order valence-electron chi connectivity index (χ0n) is 9.78. The summed E-state index contributed by atoms with van der Waals surface area (Å²) in [4.78, 5) is 0. The molecule has 1 nitrogen and oxygen atoms in total. The maximum absolute atomic E-state index is 9.26. The number of hydrogen-bond acceptors (Lipinski definition) is 1. The molecule has 0 heterocycles. The first kappa shape index (κ1) is 12.2. The lowest BCUT2D eigenvalue weighted by Crippen LogP contribution is -1.86. The van der Waals surface area contributed by atoms with Crippen LogP contribution in [-0.2, 0) is 6.42 Å². The van der Waals surface area contributed by atoms with E-state index in [1.54, 1.807) is 12.1 Å². The van der Waals surface area contributed by atoms with E-state index in [1.165, 1.54) is 5.56 Å². The van der Waals surface area contributed by atoms with E-state index in [1.807, 2.05) is 12.1 Å². The number of benzene rings is 2. The summed E-state index contributed by atoms with van der Waals surface area (Å²) in [5.74, 6) is 0.301. The second kappa shape index (κ2) is 5.37. The van der Waals surface area contributed by atoms with Crippen molar-refractivity contribution in [1.29, 1.82) is 0 Å². The van der Waals surface area contributed by atoms with Gasteiger partial charge in [0.25, 0.3) is 0 Å². The predicted molar refractivity (Wildman–Crippen MR) is 75.2 cm³/mol. The summed E-state index contributed by atoms with van der Waals surface area (Å²) in [6, 6.07) is 13.7. The molecule has 0 spiro atoms. The van der Waals surface area contributed by atoms with Gasteiger partial charge in [0.15, 0.2) is 0 Å². The average Bonchev–Trinajstić information content (AvgIpc) is 2.33. The molecule has 0 bridgehead atoms. The molecule has 17 heavy (non-hydrogen) atoms. The second-order valence-corrected chi connectivity index (χ2v) is 4.96. The number of phenols is 1. The van der Waals surface area contributed by atoms with Gasteiger partial charge in [-0.05, 0) is 41.3 Å². The van der Waals surface area contributed by atoms with Crippen molar-refractivity contribution in [1.82, 2.24) is 0 Å². The first-order chi connectivity index (χ1) is 8.20. The van der Waals surface area contributed by atoms with E-state index in [0.29, 0.717) is 5.75 Å². The number of halogens is 1. The molecule has 88 valence electrons. The van der Waals surface area contributed by atoms with Crippen molar-refractivity contribution >= 4 is 15.9 Å². The predicted octanol–water partition coefficient (Wildman–Crippen LogP) is 4.77. The lowest BCUT2D eigenvalue weighted by molar-refractivity contribution is 0.475. The number of phenolic OH excluding ortho intramolecular Hbond substituents is 1. The smallest absolute Gasteiger partial charge is 0.115 e. The Bertz CT molecular complexity index is 503. The molecule has 2 rings (SSSR count). The molecular formula is C15H15BrO. The summed E-state index contributed by atoms with van der Waals surface area (Å²) in [5.41, 5.74) is 3.62.